The van der Waals surface area contributed by atoms with E-state index in [-0.39, 0.29) is 17.9 Å². The monoisotopic (exact) mass is 268 g/mol. The third-order valence-corrected chi connectivity index (χ3v) is 3.71. The van der Waals surface area contributed by atoms with Gasteiger partial charge in [-0.05, 0) is 39.5 Å². The van der Waals surface area contributed by atoms with Gasteiger partial charge in [-0.2, -0.15) is 0 Å². The van der Waals surface area contributed by atoms with Crippen LogP contribution in [0.5, 0.6) is 0 Å². The zero-order chi connectivity index (χ0) is 14.3. The highest BCUT2D eigenvalue weighted by molar-refractivity contribution is 5.79. The van der Waals surface area contributed by atoms with Crippen LogP contribution >= 0.6 is 0 Å². The van der Waals surface area contributed by atoms with E-state index in [1.54, 1.807) is 19.9 Å². The average Bonchev–Trinajstić information content (AvgIpc) is 2.40. The second kappa shape index (κ2) is 7.31. The molecule has 0 spiro atoms. The summed E-state index contributed by atoms with van der Waals surface area (Å²) < 4.78 is 10.3. The third kappa shape index (κ3) is 3.82. The van der Waals surface area contributed by atoms with E-state index in [0.29, 0.717) is 26.1 Å². The molecule has 19 heavy (non-hydrogen) atoms. The maximum Gasteiger partial charge on any atom is 0.312 e. The van der Waals surface area contributed by atoms with Gasteiger partial charge in [-0.25, -0.2) is 0 Å². The number of hydrogen-bond acceptors (Lipinski definition) is 4. The largest absolute Gasteiger partial charge is 0.466 e. The zero-order valence-corrected chi connectivity index (χ0v) is 11.9. The fraction of sp³-hybridized carbons (Fsp3) is 0.733. The highest BCUT2D eigenvalue weighted by atomic mass is 16.5. The molecule has 1 aliphatic carbocycles. The number of ether oxygens (including phenoxy) is 2. The smallest absolute Gasteiger partial charge is 0.312 e. The van der Waals surface area contributed by atoms with E-state index in [4.69, 9.17) is 9.47 Å². The summed E-state index contributed by atoms with van der Waals surface area (Å²) in [7, 11) is 0. The van der Waals surface area contributed by atoms with Crippen LogP contribution in [-0.4, -0.2) is 25.2 Å². The maximum atomic E-state index is 12.2. The number of carbonyl (C=O) groups excluding carboxylic acids is 2. The molecule has 2 atom stereocenters. The fourth-order valence-electron chi connectivity index (χ4n) is 2.84. The Morgan fingerprint density at radius 3 is 2.58 bits per heavy atom. The van der Waals surface area contributed by atoms with Crippen molar-refractivity contribution in [1.29, 1.82) is 0 Å². The summed E-state index contributed by atoms with van der Waals surface area (Å²) in [6.45, 7) is 8.06. The highest BCUT2D eigenvalue weighted by Crippen LogP contribution is 2.43. The number of allylic oxidation sites excluding steroid dienone is 1. The summed E-state index contributed by atoms with van der Waals surface area (Å²) in [6.07, 6.45) is 5.20. The van der Waals surface area contributed by atoms with Crippen molar-refractivity contribution in [3.05, 3.63) is 12.7 Å². The molecule has 1 saturated carbocycles. The minimum Gasteiger partial charge on any atom is -0.466 e. The van der Waals surface area contributed by atoms with Crippen LogP contribution in [0.25, 0.3) is 0 Å². The first-order valence-corrected chi connectivity index (χ1v) is 7.04. The number of hydrogen-bond donors (Lipinski definition) is 0. The van der Waals surface area contributed by atoms with Crippen molar-refractivity contribution in [2.24, 2.45) is 11.3 Å². The second-order valence-corrected chi connectivity index (χ2v) is 5.04. The Balaban J connectivity index is 2.82. The molecule has 4 nitrogen and oxygen atoms in total. The first-order valence-electron chi connectivity index (χ1n) is 7.04. The van der Waals surface area contributed by atoms with Crippen LogP contribution in [0.3, 0.4) is 0 Å². The maximum absolute atomic E-state index is 12.2. The van der Waals surface area contributed by atoms with E-state index in [1.807, 2.05) is 0 Å². The van der Waals surface area contributed by atoms with Crippen molar-refractivity contribution < 1.29 is 19.1 Å². The predicted molar refractivity (Wildman–Crippen MR) is 72.5 cm³/mol. The molecule has 2 unspecified atom stereocenters. The van der Waals surface area contributed by atoms with E-state index in [1.165, 1.54) is 0 Å². The Morgan fingerprint density at radius 2 is 2.00 bits per heavy atom. The Bertz CT molecular complexity index is 337. The van der Waals surface area contributed by atoms with Gasteiger partial charge in [-0.3, -0.25) is 9.59 Å². The number of esters is 2. The lowest BCUT2D eigenvalue weighted by Crippen LogP contribution is -2.40. The van der Waals surface area contributed by atoms with E-state index in [9.17, 15) is 9.59 Å². The molecule has 4 heteroatoms. The molecule has 0 N–H and O–H groups in total. The van der Waals surface area contributed by atoms with Gasteiger partial charge in [0.05, 0.1) is 24.5 Å². The molecule has 0 aromatic heterocycles. The molecule has 0 amide bonds. The minimum absolute atomic E-state index is 0.195. The van der Waals surface area contributed by atoms with E-state index in [2.05, 4.69) is 6.58 Å². The molecular formula is C15H24O4. The van der Waals surface area contributed by atoms with Crippen LogP contribution in [0, 0.1) is 11.3 Å². The van der Waals surface area contributed by atoms with Crippen molar-refractivity contribution in [2.75, 3.05) is 13.2 Å². The zero-order valence-electron chi connectivity index (χ0n) is 11.9. The average molecular weight is 268 g/mol. The van der Waals surface area contributed by atoms with Gasteiger partial charge in [0.15, 0.2) is 0 Å². The summed E-state index contributed by atoms with van der Waals surface area (Å²) in [5, 5.41) is 0. The van der Waals surface area contributed by atoms with Gasteiger partial charge in [-0.15, -0.1) is 6.58 Å². The van der Waals surface area contributed by atoms with Crippen molar-refractivity contribution in [3.63, 3.8) is 0 Å². The molecule has 1 aliphatic rings. The predicted octanol–water partition coefficient (Wildman–Crippen LogP) is 2.87. The molecule has 1 fully saturated rings. The van der Waals surface area contributed by atoms with Gasteiger partial charge < -0.3 is 9.47 Å². The van der Waals surface area contributed by atoms with Gasteiger partial charge >= 0.3 is 11.9 Å². The van der Waals surface area contributed by atoms with Crippen LogP contribution in [0.2, 0.25) is 0 Å². The molecule has 0 aromatic rings. The van der Waals surface area contributed by atoms with Crippen LogP contribution in [0.4, 0.5) is 0 Å². The van der Waals surface area contributed by atoms with Gasteiger partial charge in [0.1, 0.15) is 0 Å². The molecule has 0 saturated heterocycles. The van der Waals surface area contributed by atoms with E-state index < -0.39 is 5.41 Å². The molecule has 0 radical (unpaired) electrons. The molecule has 0 aliphatic heterocycles. The highest BCUT2D eigenvalue weighted by Gasteiger charge is 2.45. The summed E-state index contributed by atoms with van der Waals surface area (Å²) in [5.74, 6) is -0.595. The Labute approximate surface area is 115 Å². The Morgan fingerprint density at radius 1 is 1.32 bits per heavy atom. The summed E-state index contributed by atoms with van der Waals surface area (Å²) in [6, 6.07) is 0. The van der Waals surface area contributed by atoms with Gasteiger partial charge in [0.25, 0.3) is 0 Å². The normalized spacial score (nSPS) is 26.5. The Kier molecular flexibility index (Phi) is 6.06. The van der Waals surface area contributed by atoms with Crippen LogP contribution in [0.1, 0.15) is 46.0 Å². The quantitative estimate of drug-likeness (QED) is 0.549. The van der Waals surface area contributed by atoms with Gasteiger partial charge in [0.2, 0.25) is 0 Å². The topological polar surface area (TPSA) is 52.6 Å². The lowest BCUT2D eigenvalue weighted by Gasteiger charge is -2.37. The fourth-order valence-corrected chi connectivity index (χ4v) is 2.84. The van der Waals surface area contributed by atoms with Gasteiger partial charge in [0, 0.05) is 0 Å². The molecule has 0 bridgehead atoms. The van der Waals surface area contributed by atoms with Crippen LogP contribution in [-0.2, 0) is 19.1 Å². The number of carbonyl (C=O) groups is 2. The van der Waals surface area contributed by atoms with Crippen molar-refractivity contribution >= 4 is 11.9 Å². The van der Waals surface area contributed by atoms with Crippen molar-refractivity contribution in [2.45, 2.75) is 46.0 Å². The second-order valence-electron chi connectivity index (χ2n) is 5.04. The third-order valence-electron chi connectivity index (χ3n) is 3.71. The molecule has 1 rings (SSSR count). The molecule has 108 valence electrons. The van der Waals surface area contributed by atoms with Gasteiger partial charge in [-0.1, -0.05) is 12.5 Å². The van der Waals surface area contributed by atoms with Crippen molar-refractivity contribution in [1.82, 2.24) is 0 Å². The lowest BCUT2D eigenvalue weighted by atomic mass is 9.67. The number of rotatable bonds is 6. The van der Waals surface area contributed by atoms with Crippen LogP contribution in [0.15, 0.2) is 12.7 Å². The molecule has 0 heterocycles. The van der Waals surface area contributed by atoms with Crippen LogP contribution < -0.4 is 0 Å². The lowest BCUT2D eigenvalue weighted by molar-refractivity contribution is -0.162. The standard InChI is InChI=1S/C15H24O4/c1-4-9-15(14(17)19-6-3)10-7-8-12(11-15)13(16)18-5-2/h4,12H,1,5-11H2,2-3H3. The Hall–Kier alpha value is -1.32. The summed E-state index contributed by atoms with van der Waals surface area (Å²) in [5.41, 5.74) is -0.590. The summed E-state index contributed by atoms with van der Waals surface area (Å²) >= 11 is 0. The van der Waals surface area contributed by atoms with E-state index >= 15 is 0 Å². The summed E-state index contributed by atoms with van der Waals surface area (Å²) in [4.78, 5) is 24.1. The van der Waals surface area contributed by atoms with E-state index in [0.717, 1.165) is 19.3 Å². The SMILES string of the molecule is C=CCC1(C(=O)OCC)CCCC(C(=O)OCC)C1. The molecule has 0 aromatic carbocycles. The molecular weight excluding hydrogens is 244 g/mol. The van der Waals surface area contributed by atoms with Crippen molar-refractivity contribution in [3.8, 4) is 0 Å². The first kappa shape index (κ1) is 15.7. The first-order chi connectivity index (χ1) is 9.09. The minimum atomic E-state index is -0.590.